The van der Waals surface area contributed by atoms with Gasteiger partial charge >= 0.3 is 0 Å². The zero-order chi connectivity index (χ0) is 11.8. The van der Waals surface area contributed by atoms with E-state index in [1.54, 1.807) is 11.3 Å². The molecule has 0 fully saturated rings. The maximum absolute atomic E-state index is 5.36. The number of hydrogen-bond donors (Lipinski definition) is 1. The summed E-state index contributed by atoms with van der Waals surface area (Å²) in [5.74, 6) is 0. The van der Waals surface area contributed by atoms with Gasteiger partial charge in [0.15, 0.2) is 10.4 Å². The molecule has 0 saturated heterocycles. The van der Waals surface area contributed by atoms with Crippen LogP contribution in [0.4, 0.5) is 0 Å². The molecule has 1 N–H and O–H groups in total. The first-order valence-electron chi connectivity index (χ1n) is 5.31. The summed E-state index contributed by atoms with van der Waals surface area (Å²) in [5.41, 5.74) is 4.40. The Morgan fingerprint density at radius 1 is 1.47 bits per heavy atom. The highest BCUT2D eigenvalue weighted by molar-refractivity contribution is 7.71. The van der Waals surface area contributed by atoms with Gasteiger partial charge in [-0.15, -0.1) is 0 Å². The van der Waals surface area contributed by atoms with Crippen LogP contribution in [0.5, 0.6) is 0 Å². The summed E-state index contributed by atoms with van der Waals surface area (Å²) in [4.78, 5) is 7.64. The molecule has 0 aliphatic carbocycles. The van der Waals surface area contributed by atoms with Crippen LogP contribution in [-0.2, 0) is 6.54 Å². The molecule has 3 aromatic heterocycles. The fraction of sp³-hybridized carbons (Fsp3) is 0.167. The number of aromatic nitrogens is 3. The molecule has 3 nitrogen and oxygen atoms in total. The molecule has 17 heavy (non-hydrogen) atoms. The molecule has 0 aromatic carbocycles. The van der Waals surface area contributed by atoms with Crippen molar-refractivity contribution in [1.82, 2.24) is 14.5 Å². The quantitative estimate of drug-likeness (QED) is 0.716. The first kappa shape index (κ1) is 10.7. The minimum Gasteiger partial charge on any atom is -0.329 e. The minimum atomic E-state index is 0.730. The third-order valence-corrected chi connectivity index (χ3v) is 3.85. The van der Waals surface area contributed by atoms with Crippen molar-refractivity contribution in [1.29, 1.82) is 0 Å². The lowest BCUT2D eigenvalue weighted by Gasteiger charge is -2.01. The van der Waals surface area contributed by atoms with Gasteiger partial charge < -0.3 is 4.98 Å². The van der Waals surface area contributed by atoms with Gasteiger partial charge in [0, 0.05) is 6.20 Å². The van der Waals surface area contributed by atoms with E-state index < -0.39 is 0 Å². The molecule has 3 aromatic rings. The number of pyridine rings is 1. The molecule has 3 heterocycles. The lowest BCUT2D eigenvalue weighted by atomic mass is 10.3. The number of hydrogen-bond acceptors (Lipinski definition) is 3. The van der Waals surface area contributed by atoms with Crippen LogP contribution in [0.1, 0.15) is 11.1 Å². The van der Waals surface area contributed by atoms with Gasteiger partial charge in [-0.25, -0.2) is 4.98 Å². The van der Waals surface area contributed by atoms with Gasteiger partial charge in [0.2, 0.25) is 0 Å². The number of aryl methyl sites for hydroxylation is 1. The number of rotatable bonds is 2. The molecule has 0 bridgehead atoms. The molecular formula is C12H11N3S2. The summed E-state index contributed by atoms with van der Waals surface area (Å²) in [5, 5.41) is 4.21. The van der Waals surface area contributed by atoms with Crippen molar-refractivity contribution in [3.05, 3.63) is 45.0 Å². The second kappa shape index (κ2) is 4.09. The second-order valence-electron chi connectivity index (χ2n) is 3.97. The molecule has 86 valence electrons. The van der Waals surface area contributed by atoms with Crippen LogP contribution in [0.25, 0.3) is 11.2 Å². The Bertz CT molecular complexity index is 707. The summed E-state index contributed by atoms with van der Waals surface area (Å²) in [6, 6.07) is 4.10. The predicted molar refractivity (Wildman–Crippen MR) is 73.1 cm³/mol. The van der Waals surface area contributed by atoms with E-state index in [-0.39, 0.29) is 0 Å². The summed E-state index contributed by atoms with van der Waals surface area (Å²) in [6.45, 7) is 2.84. The van der Waals surface area contributed by atoms with Crippen molar-refractivity contribution in [3.8, 4) is 0 Å². The third kappa shape index (κ3) is 1.81. The summed E-state index contributed by atoms with van der Waals surface area (Å²) >= 11 is 7.05. The molecule has 3 rings (SSSR count). The van der Waals surface area contributed by atoms with Crippen LogP contribution >= 0.6 is 23.6 Å². The van der Waals surface area contributed by atoms with E-state index in [4.69, 9.17) is 12.2 Å². The fourth-order valence-corrected chi connectivity index (χ4v) is 2.80. The normalized spacial score (nSPS) is 11.1. The van der Waals surface area contributed by atoms with Gasteiger partial charge in [-0.1, -0.05) is 0 Å². The largest absolute Gasteiger partial charge is 0.329 e. The molecule has 0 spiro atoms. The number of H-pyrrole nitrogens is 1. The number of fused-ring (bicyclic) bond motifs is 1. The van der Waals surface area contributed by atoms with E-state index in [0.29, 0.717) is 0 Å². The Balaban J connectivity index is 2.19. The van der Waals surface area contributed by atoms with Crippen molar-refractivity contribution in [3.63, 3.8) is 0 Å². The third-order valence-electron chi connectivity index (χ3n) is 2.79. The Morgan fingerprint density at radius 3 is 3.12 bits per heavy atom. The highest BCUT2D eigenvalue weighted by Crippen LogP contribution is 2.17. The molecule has 0 atom stereocenters. The number of thiophene rings is 1. The maximum Gasteiger partial charge on any atom is 0.179 e. The highest BCUT2D eigenvalue weighted by Gasteiger charge is 2.07. The molecule has 0 unspecified atom stereocenters. The van der Waals surface area contributed by atoms with Crippen LogP contribution in [0.15, 0.2) is 29.1 Å². The first-order valence-corrected chi connectivity index (χ1v) is 6.66. The number of nitrogens with zero attached hydrogens (tertiary/aromatic N) is 2. The van der Waals surface area contributed by atoms with Crippen LogP contribution in [-0.4, -0.2) is 14.5 Å². The van der Waals surface area contributed by atoms with Gasteiger partial charge in [0.25, 0.3) is 0 Å². The summed E-state index contributed by atoms with van der Waals surface area (Å²) in [6.07, 6.45) is 1.82. The van der Waals surface area contributed by atoms with Gasteiger partial charge in [0.1, 0.15) is 0 Å². The number of imidazole rings is 1. The molecule has 0 saturated carbocycles. The average molecular weight is 261 g/mol. The van der Waals surface area contributed by atoms with E-state index in [1.807, 2.05) is 16.8 Å². The van der Waals surface area contributed by atoms with E-state index in [9.17, 15) is 0 Å². The van der Waals surface area contributed by atoms with Gasteiger partial charge in [-0.2, -0.15) is 11.3 Å². The predicted octanol–water partition coefficient (Wildman–Crippen LogP) is 3.51. The van der Waals surface area contributed by atoms with E-state index in [1.165, 1.54) is 11.1 Å². The van der Waals surface area contributed by atoms with Gasteiger partial charge in [-0.05, 0) is 53.2 Å². The van der Waals surface area contributed by atoms with E-state index in [2.05, 4.69) is 33.7 Å². The molecule has 0 aliphatic heterocycles. The van der Waals surface area contributed by atoms with Crippen LogP contribution < -0.4 is 0 Å². The molecule has 0 amide bonds. The average Bonchev–Trinajstić information content (AvgIpc) is 2.91. The van der Waals surface area contributed by atoms with Crippen molar-refractivity contribution >= 4 is 34.7 Å². The zero-order valence-corrected chi connectivity index (χ0v) is 10.9. The SMILES string of the molecule is Cc1ccnc2c1[nH]c(=S)n2Cc1ccsc1. The second-order valence-corrected chi connectivity index (χ2v) is 5.14. The Kier molecular flexibility index (Phi) is 2.57. The maximum atomic E-state index is 5.36. The van der Waals surface area contributed by atoms with Crippen molar-refractivity contribution in [2.24, 2.45) is 0 Å². The van der Waals surface area contributed by atoms with E-state index >= 15 is 0 Å². The first-order chi connectivity index (χ1) is 8.25. The smallest absolute Gasteiger partial charge is 0.179 e. The molecule has 0 radical (unpaired) electrons. The zero-order valence-electron chi connectivity index (χ0n) is 9.30. The number of aromatic amines is 1. The molecule has 0 aliphatic rings. The van der Waals surface area contributed by atoms with Gasteiger partial charge in [-0.3, -0.25) is 4.57 Å². The van der Waals surface area contributed by atoms with Crippen LogP contribution in [0.3, 0.4) is 0 Å². The molecular weight excluding hydrogens is 250 g/mol. The Morgan fingerprint density at radius 2 is 2.35 bits per heavy atom. The summed E-state index contributed by atoms with van der Waals surface area (Å²) < 4.78 is 2.77. The topological polar surface area (TPSA) is 33.6 Å². The monoisotopic (exact) mass is 261 g/mol. The van der Waals surface area contributed by atoms with Gasteiger partial charge in [0.05, 0.1) is 12.1 Å². The van der Waals surface area contributed by atoms with Crippen molar-refractivity contribution in [2.75, 3.05) is 0 Å². The Hall–Kier alpha value is -1.46. The lowest BCUT2D eigenvalue weighted by Crippen LogP contribution is -1.99. The fourth-order valence-electron chi connectivity index (χ4n) is 1.89. The standard InChI is InChI=1S/C12H11N3S2/c1-8-2-4-13-11-10(8)14-12(16)15(11)6-9-3-5-17-7-9/h2-5,7H,6H2,1H3,(H,14,16). The van der Waals surface area contributed by atoms with Crippen LogP contribution in [0, 0.1) is 11.7 Å². The highest BCUT2D eigenvalue weighted by atomic mass is 32.1. The van der Waals surface area contributed by atoms with Crippen molar-refractivity contribution < 1.29 is 0 Å². The summed E-state index contributed by atoms with van der Waals surface area (Å²) in [7, 11) is 0. The Labute approximate surface area is 108 Å². The number of nitrogens with one attached hydrogen (secondary N) is 1. The molecule has 5 heteroatoms. The minimum absolute atomic E-state index is 0.730. The van der Waals surface area contributed by atoms with Crippen molar-refractivity contribution in [2.45, 2.75) is 13.5 Å². The lowest BCUT2D eigenvalue weighted by molar-refractivity contribution is 0.803. The van der Waals surface area contributed by atoms with Crippen LogP contribution in [0.2, 0.25) is 0 Å². The van der Waals surface area contributed by atoms with E-state index in [0.717, 1.165) is 22.5 Å².